The van der Waals surface area contributed by atoms with Gasteiger partial charge in [-0.2, -0.15) is 0 Å². The Bertz CT molecular complexity index is 1200. The fourth-order valence-corrected chi connectivity index (χ4v) is 10.3. The first-order chi connectivity index (χ1) is 36.5. The summed E-state index contributed by atoms with van der Waals surface area (Å²) in [7, 11) is 0. The molecular formula is C68H129NO5. The normalized spacial score (nSPS) is 12.8. The third-order valence-corrected chi connectivity index (χ3v) is 15.4. The zero-order valence-corrected chi connectivity index (χ0v) is 49.8. The van der Waals surface area contributed by atoms with Crippen LogP contribution in [0.15, 0.2) is 36.5 Å². The highest BCUT2D eigenvalue weighted by Gasteiger charge is 2.18. The molecule has 0 fully saturated rings. The fourth-order valence-electron chi connectivity index (χ4n) is 10.3. The number of esters is 1. The molecule has 2 atom stereocenters. The molecule has 0 aromatic rings. The van der Waals surface area contributed by atoms with Gasteiger partial charge in [0, 0.05) is 12.8 Å². The van der Waals surface area contributed by atoms with Crippen molar-refractivity contribution >= 4 is 11.9 Å². The molecule has 0 aromatic heterocycles. The van der Waals surface area contributed by atoms with Crippen LogP contribution in [-0.2, 0) is 14.3 Å². The molecule has 0 rings (SSSR count). The maximum absolute atomic E-state index is 12.5. The van der Waals surface area contributed by atoms with Crippen LogP contribution in [0, 0.1) is 0 Å². The van der Waals surface area contributed by atoms with Gasteiger partial charge in [-0.25, -0.2) is 0 Å². The first-order valence-electron chi connectivity index (χ1n) is 33.3. The lowest BCUT2D eigenvalue weighted by Gasteiger charge is -2.20. The minimum absolute atomic E-state index is 0.00926. The van der Waals surface area contributed by atoms with Gasteiger partial charge < -0.3 is 20.3 Å². The molecule has 1 amide bonds. The van der Waals surface area contributed by atoms with Crippen molar-refractivity contribution in [1.29, 1.82) is 0 Å². The van der Waals surface area contributed by atoms with E-state index >= 15 is 0 Å². The summed E-state index contributed by atoms with van der Waals surface area (Å²) in [5.41, 5.74) is 0. The van der Waals surface area contributed by atoms with Gasteiger partial charge in [0.05, 0.1) is 25.4 Å². The van der Waals surface area contributed by atoms with E-state index in [4.69, 9.17) is 4.74 Å². The maximum atomic E-state index is 12.5. The summed E-state index contributed by atoms with van der Waals surface area (Å²) in [4.78, 5) is 24.6. The van der Waals surface area contributed by atoms with Crippen molar-refractivity contribution in [2.75, 3.05) is 13.2 Å². The summed E-state index contributed by atoms with van der Waals surface area (Å²) in [5.74, 6) is -0.0640. The highest BCUT2D eigenvalue weighted by atomic mass is 16.5. The number of carbonyl (C=O) groups excluding carboxylic acids is 2. The van der Waals surface area contributed by atoms with E-state index in [1.165, 1.54) is 283 Å². The van der Waals surface area contributed by atoms with Crippen LogP contribution in [-0.4, -0.2) is 47.4 Å². The van der Waals surface area contributed by atoms with Crippen molar-refractivity contribution in [3.63, 3.8) is 0 Å². The predicted octanol–water partition coefficient (Wildman–Crippen LogP) is 21.1. The Labute approximate surface area is 462 Å². The molecule has 0 aromatic carbocycles. The molecule has 6 heteroatoms. The van der Waals surface area contributed by atoms with E-state index in [9.17, 15) is 19.8 Å². The average molecular weight is 1040 g/mol. The largest absolute Gasteiger partial charge is 0.466 e. The maximum Gasteiger partial charge on any atom is 0.305 e. The van der Waals surface area contributed by atoms with Gasteiger partial charge in [-0.3, -0.25) is 9.59 Å². The van der Waals surface area contributed by atoms with Crippen molar-refractivity contribution in [2.24, 2.45) is 0 Å². The lowest BCUT2D eigenvalue weighted by molar-refractivity contribution is -0.143. The van der Waals surface area contributed by atoms with E-state index in [-0.39, 0.29) is 18.5 Å². The molecular weight excluding hydrogens is 911 g/mol. The van der Waals surface area contributed by atoms with E-state index in [0.29, 0.717) is 19.4 Å². The third-order valence-electron chi connectivity index (χ3n) is 15.4. The van der Waals surface area contributed by atoms with Crippen molar-refractivity contribution in [2.45, 2.75) is 373 Å². The molecule has 0 saturated carbocycles. The Hall–Kier alpha value is -1.92. The number of hydrogen-bond donors (Lipinski definition) is 3. The minimum Gasteiger partial charge on any atom is -0.466 e. The number of rotatable bonds is 62. The predicted molar refractivity (Wildman–Crippen MR) is 324 cm³/mol. The first kappa shape index (κ1) is 72.1. The number of unbranched alkanes of at least 4 members (excludes halogenated alkanes) is 47. The van der Waals surface area contributed by atoms with Crippen molar-refractivity contribution in [3.8, 4) is 0 Å². The average Bonchev–Trinajstić information content (AvgIpc) is 3.40. The van der Waals surface area contributed by atoms with Gasteiger partial charge in [-0.05, 0) is 83.5 Å². The van der Waals surface area contributed by atoms with E-state index in [0.717, 1.165) is 51.4 Å². The topological polar surface area (TPSA) is 95.9 Å². The standard InChI is InChI=1S/C68H129NO5/c1-3-5-7-9-11-13-15-17-19-21-26-30-34-38-42-46-50-54-58-62-68(73)74-63-59-55-51-47-43-39-35-31-28-25-23-22-24-27-29-33-37-41-45-49-53-57-61-67(72)69-65(64-70)66(71)60-56-52-48-44-40-36-32-20-18-16-14-12-10-8-6-4-2/h17,19,24,27,56,60,65-66,70-71H,3-16,18,20-23,25-26,28-55,57-59,61-64H2,1-2H3,(H,69,72)/b19-17-,27-24-,60-56+. The Kier molecular flexibility index (Phi) is 62.0. The molecule has 0 aliphatic rings. The van der Waals surface area contributed by atoms with E-state index < -0.39 is 12.1 Å². The molecule has 3 N–H and O–H groups in total. The highest BCUT2D eigenvalue weighted by molar-refractivity contribution is 5.76. The lowest BCUT2D eigenvalue weighted by atomic mass is 10.0. The molecule has 0 aliphatic heterocycles. The summed E-state index contributed by atoms with van der Waals surface area (Å²) in [6.45, 7) is 4.92. The van der Waals surface area contributed by atoms with Crippen molar-refractivity contribution in [3.05, 3.63) is 36.5 Å². The third kappa shape index (κ3) is 59.3. The quantitative estimate of drug-likeness (QED) is 0.0320. The first-order valence-corrected chi connectivity index (χ1v) is 33.3. The summed E-state index contributed by atoms with van der Waals surface area (Å²) in [5, 5.41) is 23.2. The van der Waals surface area contributed by atoms with E-state index in [1.807, 2.05) is 6.08 Å². The minimum atomic E-state index is -0.849. The second-order valence-electron chi connectivity index (χ2n) is 22.8. The summed E-state index contributed by atoms with van der Waals surface area (Å²) < 4.78 is 5.50. The monoisotopic (exact) mass is 1040 g/mol. The number of ether oxygens (including phenoxy) is 1. The Morgan fingerprint density at radius 3 is 0.959 bits per heavy atom. The summed E-state index contributed by atoms with van der Waals surface area (Å²) >= 11 is 0. The molecule has 2 unspecified atom stereocenters. The second kappa shape index (κ2) is 63.6. The number of aliphatic hydroxyl groups excluding tert-OH is 2. The lowest BCUT2D eigenvalue weighted by Crippen LogP contribution is -2.45. The van der Waals surface area contributed by atoms with E-state index in [1.54, 1.807) is 6.08 Å². The van der Waals surface area contributed by atoms with Crippen molar-refractivity contribution in [1.82, 2.24) is 5.32 Å². The van der Waals surface area contributed by atoms with Gasteiger partial charge in [0.2, 0.25) is 5.91 Å². The smallest absolute Gasteiger partial charge is 0.305 e. The molecule has 436 valence electrons. The van der Waals surface area contributed by atoms with Gasteiger partial charge in [0.15, 0.2) is 0 Å². The van der Waals surface area contributed by atoms with Crippen LogP contribution >= 0.6 is 0 Å². The van der Waals surface area contributed by atoms with Gasteiger partial charge in [0.25, 0.3) is 0 Å². The zero-order chi connectivity index (χ0) is 53.6. The molecule has 0 radical (unpaired) electrons. The number of nitrogens with one attached hydrogen (secondary N) is 1. The van der Waals surface area contributed by atoms with Crippen LogP contribution in [0.5, 0.6) is 0 Å². The van der Waals surface area contributed by atoms with Crippen LogP contribution in [0.1, 0.15) is 361 Å². The zero-order valence-electron chi connectivity index (χ0n) is 49.8. The second-order valence-corrected chi connectivity index (χ2v) is 22.8. The molecule has 0 spiro atoms. The molecule has 0 bridgehead atoms. The summed E-state index contributed by atoms with van der Waals surface area (Å²) in [6.07, 6.45) is 80.5. The van der Waals surface area contributed by atoms with Crippen LogP contribution < -0.4 is 5.32 Å². The van der Waals surface area contributed by atoms with Crippen LogP contribution in [0.2, 0.25) is 0 Å². The Morgan fingerprint density at radius 1 is 0.365 bits per heavy atom. The number of amides is 1. The van der Waals surface area contributed by atoms with Gasteiger partial charge in [-0.1, -0.05) is 301 Å². The molecule has 74 heavy (non-hydrogen) atoms. The SMILES string of the molecule is CCCCCCCC/C=C\CCCCCCCCCCCC(=O)OCCCCCCCCCCCCC/C=C\CCCCCCCCCC(=O)NC(CO)C(O)/C=C/CCCCCCCCCCCCCCCC. The van der Waals surface area contributed by atoms with Crippen LogP contribution in [0.3, 0.4) is 0 Å². The van der Waals surface area contributed by atoms with Gasteiger partial charge in [-0.15, -0.1) is 0 Å². The van der Waals surface area contributed by atoms with Gasteiger partial charge >= 0.3 is 5.97 Å². The molecule has 0 heterocycles. The molecule has 6 nitrogen and oxygen atoms in total. The Balaban J connectivity index is 3.42. The Morgan fingerprint density at radius 2 is 0.635 bits per heavy atom. The molecule has 0 aliphatic carbocycles. The van der Waals surface area contributed by atoms with Crippen LogP contribution in [0.4, 0.5) is 0 Å². The number of aliphatic hydroxyl groups is 2. The number of hydrogen-bond acceptors (Lipinski definition) is 5. The number of allylic oxidation sites excluding steroid dienone is 5. The van der Waals surface area contributed by atoms with Crippen LogP contribution in [0.25, 0.3) is 0 Å². The fraction of sp³-hybridized carbons (Fsp3) is 0.882. The number of carbonyl (C=O) groups is 2. The molecule has 0 saturated heterocycles. The van der Waals surface area contributed by atoms with E-state index in [2.05, 4.69) is 43.5 Å². The highest BCUT2D eigenvalue weighted by Crippen LogP contribution is 2.17. The summed E-state index contributed by atoms with van der Waals surface area (Å²) in [6, 6.07) is -0.633. The van der Waals surface area contributed by atoms with Crippen molar-refractivity contribution < 1.29 is 24.5 Å². The van der Waals surface area contributed by atoms with Gasteiger partial charge in [0.1, 0.15) is 0 Å².